The van der Waals surface area contributed by atoms with E-state index >= 15 is 0 Å². The second-order valence-electron chi connectivity index (χ2n) is 6.61. The zero-order valence-electron chi connectivity index (χ0n) is 13.4. The van der Waals surface area contributed by atoms with Crippen LogP contribution in [0.25, 0.3) is 6.08 Å². The van der Waals surface area contributed by atoms with Crippen molar-refractivity contribution in [3.63, 3.8) is 0 Å². The lowest BCUT2D eigenvalue weighted by atomic mass is 9.71. The summed E-state index contributed by atoms with van der Waals surface area (Å²) in [5, 5.41) is 12.1. The minimum absolute atomic E-state index is 0.507. The van der Waals surface area contributed by atoms with E-state index in [1.54, 1.807) is 11.6 Å². The highest BCUT2D eigenvalue weighted by molar-refractivity contribution is 5.91. The standard InChI is InChI=1S/C18H25N3O2/c22-17(20-23)6-5-15-3-1-2-4-16(15)21-13-9-18(10-14-21)7-11-19-12-8-18/h1-6,19,23H,7-14H2,(H,20,22). The molecule has 3 N–H and O–H groups in total. The Morgan fingerprint density at radius 2 is 1.87 bits per heavy atom. The van der Waals surface area contributed by atoms with E-state index in [0.717, 1.165) is 31.7 Å². The lowest BCUT2D eigenvalue weighted by Gasteiger charge is -2.45. The number of anilines is 1. The molecule has 0 bridgehead atoms. The Morgan fingerprint density at radius 3 is 2.57 bits per heavy atom. The van der Waals surface area contributed by atoms with E-state index in [0.29, 0.717) is 5.41 Å². The molecule has 1 amide bonds. The van der Waals surface area contributed by atoms with E-state index in [1.807, 2.05) is 18.2 Å². The zero-order valence-corrected chi connectivity index (χ0v) is 13.4. The molecular weight excluding hydrogens is 290 g/mol. The van der Waals surface area contributed by atoms with Crippen LogP contribution in [0, 0.1) is 5.41 Å². The van der Waals surface area contributed by atoms with Gasteiger partial charge in [-0.05, 0) is 61.9 Å². The van der Waals surface area contributed by atoms with Crippen molar-refractivity contribution >= 4 is 17.7 Å². The van der Waals surface area contributed by atoms with Crippen LogP contribution >= 0.6 is 0 Å². The maximum absolute atomic E-state index is 11.2. The molecule has 0 aromatic heterocycles. The van der Waals surface area contributed by atoms with Crippen LogP contribution in [0.15, 0.2) is 30.3 Å². The van der Waals surface area contributed by atoms with Crippen molar-refractivity contribution in [3.05, 3.63) is 35.9 Å². The van der Waals surface area contributed by atoms with Gasteiger partial charge in [-0.1, -0.05) is 18.2 Å². The maximum Gasteiger partial charge on any atom is 0.267 e. The molecule has 1 spiro atoms. The van der Waals surface area contributed by atoms with Gasteiger partial charge in [-0.15, -0.1) is 0 Å². The number of nitrogens with zero attached hydrogens (tertiary/aromatic N) is 1. The van der Waals surface area contributed by atoms with Gasteiger partial charge in [0.15, 0.2) is 0 Å². The monoisotopic (exact) mass is 315 g/mol. The summed E-state index contributed by atoms with van der Waals surface area (Å²) in [6.07, 6.45) is 8.18. The average Bonchev–Trinajstić information content (AvgIpc) is 2.61. The minimum Gasteiger partial charge on any atom is -0.371 e. The molecule has 23 heavy (non-hydrogen) atoms. The molecule has 1 aromatic rings. The Bertz CT molecular complexity index is 569. The first-order valence-electron chi connectivity index (χ1n) is 8.39. The Labute approximate surface area is 137 Å². The number of amides is 1. The second-order valence-corrected chi connectivity index (χ2v) is 6.61. The number of carbonyl (C=O) groups is 1. The van der Waals surface area contributed by atoms with E-state index in [4.69, 9.17) is 5.21 Å². The Hall–Kier alpha value is -1.85. The molecule has 0 unspecified atom stereocenters. The minimum atomic E-state index is -0.507. The number of piperidine rings is 2. The molecule has 3 rings (SSSR count). The SMILES string of the molecule is O=C(C=Cc1ccccc1N1CCC2(CCNCC2)CC1)NO. The van der Waals surface area contributed by atoms with Crippen LogP contribution in [-0.2, 0) is 4.79 Å². The molecular formula is C18H25N3O2. The predicted molar refractivity (Wildman–Crippen MR) is 91.4 cm³/mol. The fourth-order valence-corrected chi connectivity index (χ4v) is 3.80. The van der Waals surface area contributed by atoms with Gasteiger partial charge in [0.2, 0.25) is 0 Å². The number of hydrogen-bond acceptors (Lipinski definition) is 4. The smallest absolute Gasteiger partial charge is 0.267 e. The number of rotatable bonds is 3. The molecule has 2 saturated heterocycles. The van der Waals surface area contributed by atoms with Crippen molar-refractivity contribution in [3.8, 4) is 0 Å². The first kappa shape index (κ1) is 16.0. The summed E-state index contributed by atoms with van der Waals surface area (Å²) in [6.45, 7) is 4.43. The van der Waals surface area contributed by atoms with Crippen LogP contribution in [0.5, 0.6) is 0 Å². The Morgan fingerprint density at radius 1 is 1.17 bits per heavy atom. The maximum atomic E-state index is 11.2. The first-order chi connectivity index (χ1) is 11.2. The van der Waals surface area contributed by atoms with E-state index in [1.165, 1.54) is 37.4 Å². The Balaban J connectivity index is 1.70. The quantitative estimate of drug-likeness (QED) is 0.454. The zero-order chi connectivity index (χ0) is 16.1. The molecule has 2 fully saturated rings. The summed E-state index contributed by atoms with van der Waals surface area (Å²) in [4.78, 5) is 13.6. The average molecular weight is 315 g/mol. The fraction of sp³-hybridized carbons (Fsp3) is 0.500. The fourth-order valence-electron chi connectivity index (χ4n) is 3.80. The topological polar surface area (TPSA) is 64.6 Å². The third kappa shape index (κ3) is 3.74. The van der Waals surface area contributed by atoms with Gasteiger partial charge in [-0.3, -0.25) is 10.0 Å². The van der Waals surface area contributed by atoms with E-state index < -0.39 is 5.91 Å². The van der Waals surface area contributed by atoms with Crippen LogP contribution in [-0.4, -0.2) is 37.3 Å². The molecule has 5 heteroatoms. The van der Waals surface area contributed by atoms with Gasteiger partial charge in [-0.2, -0.15) is 0 Å². The second kappa shape index (κ2) is 7.15. The van der Waals surface area contributed by atoms with Gasteiger partial charge in [0.25, 0.3) is 5.91 Å². The number of benzene rings is 1. The van der Waals surface area contributed by atoms with Gasteiger partial charge in [-0.25, -0.2) is 5.48 Å². The third-order valence-electron chi connectivity index (χ3n) is 5.29. The number of hydroxylamine groups is 1. The largest absolute Gasteiger partial charge is 0.371 e. The van der Waals surface area contributed by atoms with Gasteiger partial charge < -0.3 is 10.2 Å². The van der Waals surface area contributed by atoms with Crippen LogP contribution in [0.3, 0.4) is 0 Å². The number of hydrogen-bond donors (Lipinski definition) is 3. The Kier molecular flexibility index (Phi) is 4.98. The predicted octanol–water partition coefficient (Wildman–Crippen LogP) is 2.18. The summed E-state index contributed by atoms with van der Waals surface area (Å²) in [6, 6.07) is 8.12. The first-order valence-corrected chi connectivity index (χ1v) is 8.39. The number of para-hydroxylation sites is 1. The summed E-state index contributed by atoms with van der Waals surface area (Å²) in [5.74, 6) is -0.507. The van der Waals surface area contributed by atoms with Crippen LogP contribution < -0.4 is 15.7 Å². The lowest BCUT2D eigenvalue weighted by Crippen LogP contribution is -2.45. The molecule has 2 heterocycles. The van der Waals surface area contributed by atoms with Crippen LogP contribution in [0.2, 0.25) is 0 Å². The molecule has 2 aliphatic rings. The molecule has 124 valence electrons. The van der Waals surface area contributed by atoms with Gasteiger partial charge in [0, 0.05) is 24.9 Å². The van der Waals surface area contributed by atoms with Gasteiger partial charge in [0.05, 0.1) is 0 Å². The molecule has 0 radical (unpaired) electrons. The molecule has 0 saturated carbocycles. The highest BCUT2D eigenvalue weighted by Crippen LogP contribution is 2.41. The van der Waals surface area contributed by atoms with E-state index in [9.17, 15) is 4.79 Å². The summed E-state index contributed by atoms with van der Waals surface area (Å²) < 4.78 is 0. The summed E-state index contributed by atoms with van der Waals surface area (Å²) in [7, 11) is 0. The molecule has 2 aliphatic heterocycles. The van der Waals surface area contributed by atoms with E-state index in [-0.39, 0.29) is 0 Å². The van der Waals surface area contributed by atoms with Gasteiger partial charge in [0.1, 0.15) is 0 Å². The van der Waals surface area contributed by atoms with Crippen molar-refractivity contribution < 1.29 is 10.0 Å². The van der Waals surface area contributed by atoms with Crippen molar-refractivity contribution in [2.45, 2.75) is 25.7 Å². The highest BCUT2D eigenvalue weighted by Gasteiger charge is 2.35. The normalized spacial score (nSPS) is 20.8. The molecule has 0 atom stereocenters. The van der Waals surface area contributed by atoms with Crippen LogP contribution in [0.1, 0.15) is 31.2 Å². The summed E-state index contributed by atoms with van der Waals surface area (Å²) >= 11 is 0. The van der Waals surface area contributed by atoms with Crippen molar-refractivity contribution in [2.75, 3.05) is 31.1 Å². The van der Waals surface area contributed by atoms with E-state index in [2.05, 4.69) is 16.3 Å². The van der Waals surface area contributed by atoms with Crippen LogP contribution in [0.4, 0.5) is 5.69 Å². The molecule has 1 aromatic carbocycles. The highest BCUT2D eigenvalue weighted by atomic mass is 16.5. The molecule has 5 nitrogen and oxygen atoms in total. The van der Waals surface area contributed by atoms with Crippen molar-refractivity contribution in [1.82, 2.24) is 10.8 Å². The lowest BCUT2D eigenvalue weighted by molar-refractivity contribution is -0.124. The molecule has 0 aliphatic carbocycles. The third-order valence-corrected chi connectivity index (χ3v) is 5.29. The van der Waals surface area contributed by atoms with Crippen molar-refractivity contribution in [1.29, 1.82) is 0 Å². The number of nitrogens with one attached hydrogen (secondary N) is 2. The number of carbonyl (C=O) groups excluding carboxylic acids is 1. The van der Waals surface area contributed by atoms with Gasteiger partial charge >= 0.3 is 0 Å². The van der Waals surface area contributed by atoms with Crippen molar-refractivity contribution in [2.24, 2.45) is 5.41 Å². The summed E-state index contributed by atoms with van der Waals surface area (Å²) in [5.41, 5.74) is 4.34.